The van der Waals surface area contributed by atoms with Crippen LogP contribution in [-0.2, 0) is 0 Å². The van der Waals surface area contributed by atoms with E-state index in [1.54, 1.807) is 6.07 Å². The number of halogens is 1. The fourth-order valence-corrected chi connectivity index (χ4v) is 3.09. The fraction of sp³-hybridized carbons (Fsp3) is 0.615. The number of nitrogens with two attached hydrogens (primary N) is 1. The van der Waals surface area contributed by atoms with Crippen LogP contribution in [0.25, 0.3) is 0 Å². The molecule has 94 valence electrons. The van der Waals surface area contributed by atoms with Crippen LogP contribution in [0.5, 0.6) is 0 Å². The summed E-state index contributed by atoms with van der Waals surface area (Å²) in [4.78, 5) is 12.2. The average Bonchev–Trinajstić information content (AvgIpc) is 2.77. The van der Waals surface area contributed by atoms with Gasteiger partial charge in [0.1, 0.15) is 0 Å². The highest BCUT2D eigenvalue weighted by Gasteiger charge is 2.34. The van der Waals surface area contributed by atoms with Gasteiger partial charge in [-0.05, 0) is 46.8 Å². The van der Waals surface area contributed by atoms with Crippen LogP contribution in [0.2, 0.25) is 0 Å². The summed E-state index contributed by atoms with van der Waals surface area (Å²) < 4.78 is 5.96. The van der Waals surface area contributed by atoms with Crippen molar-refractivity contribution in [2.45, 2.75) is 38.5 Å². The highest BCUT2D eigenvalue weighted by Crippen LogP contribution is 2.39. The number of carbonyl (C=O) groups excluding carboxylic acids is 1. The minimum Gasteiger partial charge on any atom is -0.460 e. The minimum absolute atomic E-state index is 0.00155. The van der Waals surface area contributed by atoms with E-state index in [-0.39, 0.29) is 11.2 Å². The third-order valence-electron chi connectivity index (χ3n) is 3.75. The summed E-state index contributed by atoms with van der Waals surface area (Å²) in [7, 11) is 0. The molecule has 0 atom stereocenters. The quantitative estimate of drug-likeness (QED) is 0.865. The standard InChI is InChI=1S/C13H18BrNO2/c14-10-4-7-17-12(10)11(16)8-13(9-15)5-2-1-3-6-13/h4,7H,1-3,5-6,8-9,15H2. The SMILES string of the molecule is NCC1(CC(=O)c2occc2Br)CCCCC1. The Kier molecular flexibility index (Phi) is 4.05. The van der Waals surface area contributed by atoms with Crippen LogP contribution in [0.15, 0.2) is 21.2 Å². The van der Waals surface area contributed by atoms with Crippen LogP contribution >= 0.6 is 15.9 Å². The lowest BCUT2D eigenvalue weighted by atomic mass is 9.71. The summed E-state index contributed by atoms with van der Waals surface area (Å²) in [6.07, 6.45) is 7.80. The molecular weight excluding hydrogens is 282 g/mol. The zero-order valence-corrected chi connectivity index (χ0v) is 11.5. The zero-order chi connectivity index (χ0) is 12.3. The van der Waals surface area contributed by atoms with Crippen LogP contribution in [0.1, 0.15) is 49.1 Å². The zero-order valence-electron chi connectivity index (χ0n) is 9.88. The number of carbonyl (C=O) groups is 1. The first-order valence-electron chi connectivity index (χ1n) is 6.13. The fourth-order valence-electron chi connectivity index (χ4n) is 2.67. The van der Waals surface area contributed by atoms with Crippen LogP contribution in [0.4, 0.5) is 0 Å². The van der Waals surface area contributed by atoms with Gasteiger partial charge in [-0.15, -0.1) is 0 Å². The molecule has 0 bridgehead atoms. The van der Waals surface area contributed by atoms with Crippen LogP contribution in [0.3, 0.4) is 0 Å². The first kappa shape index (κ1) is 12.8. The van der Waals surface area contributed by atoms with Crippen molar-refractivity contribution < 1.29 is 9.21 Å². The summed E-state index contributed by atoms with van der Waals surface area (Å²) in [6.45, 7) is 0.594. The molecule has 1 heterocycles. The van der Waals surface area contributed by atoms with Gasteiger partial charge in [-0.2, -0.15) is 0 Å². The largest absolute Gasteiger partial charge is 0.460 e. The third kappa shape index (κ3) is 2.80. The van der Waals surface area contributed by atoms with Crippen molar-refractivity contribution in [3.63, 3.8) is 0 Å². The van der Waals surface area contributed by atoms with Gasteiger partial charge in [0.25, 0.3) is 0 Å². The van der Waals surface area contributed by atoms with E-state index in [2.05, 4.69) is 15.9 Å². The summed E-state index contributed by atoms with van der Waals surface area (Å²) in [5.74, 6) is 0.498. The molecule has 1 aliphatic carbocycles. The second-order valence-electron chi connectivity index (χ2n) is 4.96. The molecule has 1 aromatic rings. The van der Waals surface area contributed by atoms with Crippen molar-refractivity contribution in [1.82, 2.24) is 0 Å². The second kappa shape index (κ2) is 5.36. The summed E-state index contributed by atoms with van der Waals surface area (Å²) >= 11 is 3.33. The van der Waals surface area contributed by atoms with E-state index in [0.717, 1.165) is 17.3 Å². The van der Waals surface area contributed by atoms with Crippen molar-refractivity contribution >= 4 is 21.7 Å². The van der Waals surface area contributed by atoms with E-state index in [1.807, 2.05) is 0 Å². The van der Waals surface area contributed by atoms with Gasteiger partial charge in [-0.1, -0.05) is 19.3 Å². The van der Waals surface area contributed by atoms with Gasteiger partial charge in [0.2, 0.25) is 0 Å². The van der Waals surface area contributed by atoms with Gasteiger partial charge in [-0.3, -0.25) is 4.79 Å². The van der Waals surface area contributed by atoms with Gasteiger partial charge in [-0.25, -0.2) is 0 Å². The number of rotatable bonds is 4. The predicted octanol–water partition coefficient (Wildman–Crippen LogP) is 3.52. The van der Waals surface area contributed by atoms with Gasteiger partial charge in [0.15, 0.2) is 11.5 Å². The van der Waals surface area contributed by atoms with E-state index in [0.29, 0.717) is 18.7 Å². The van der Waals surface area contributed by atoms with Gasteiger partial charge in [0, 0.05) is 6.42 Å². The van der Waals surface area contributed by atoms with Crippen LogP contribution in [0, 0.1) is 5.41 Å². The lowest BCUT2D eigenvalue weighted by Crippen LogP contribution is -2.35. The topological polar surface area (TPSA) is 56.2 Å². The van der Waals surface area contributed by atoms with E-state index >= 15 is 0 Å². The Balaban J connectivity index is 2.08. The van der Waals surface area contributed by atoms with Gasteiger partial charge >= 0.3 is 0 Å². The molecule has 2 N–H and O–H groups in total. The Hall–Kier alpha value is -0.610. The molecule has 0 radical (unpaired) electrons. The molecule has 1 aromatic heterocycles. The van der Waals surface area contributed by atoms with Crippen molar-refractivity contribution in [2.75, 3.05) is 6.54 Å². The molecule has 4 heteroatoms. The summed E-state index contributed by atoms with van der Waals surface area (Å²) in [5, 5.41) is 0. The molecule has 0 unspecified atom stereocenters. The van der Waals surface area contributed by atoms with E-state index in [4.69, 9.17) is 10.2 Å². The number of hydrogen-bond donors (Lipinski definition) is 1. The second-order valence-corrected chi connectivity index (χ2v) is 5.82. The predicted molar refractivity (Wildman–Crippen MR) is 69.9 cm³/mol. The normalized spacial score (nSPS) is 19.2. The first-order chi connectivity index (χ1) is 8.17. The van der Waals surface area contributed by atoms with Crippen molar-refractivity contribution in [3.8, 4) is 0 Å². The Labute approximate surface area is 110 Å². The molecule has 1 saturated carbocycles. The van der Waals surface area contributed by atoms with E-state index in [1.165, 1.54) is 25.5 Å². The third-order valence-corrected chi connectivity index (χ3v) is 4.38. The number of hydrogen-bond acceptors (Lipinski definition) is 3. The number of ketones is 1. The molecule has 0 aromatic carbocycles. The highest BCUT2D eigenvalue weighted by molar-refractivity contribution is 9.10. The molecule has 0 aliphatic heterocycles. The van der Waals surface area contributed by atoms with Crippen LogP contribution in [-0.4, -0.2) is 12.3 Å². The Morgan fingerprint density at radius 3 is 2.65 bits per heavy atom. The van der Waals surface area contributed by atoms with E-state index < -0.39 is 0 Å². The molecule has 17 heavy (non-hydrogen) atoms. The van der Waals surface area contributed by atoms with Crippen LogP contribution < -0.4 is 5.73 Å². The summed E-state index contributed by atoms with van der Waals surface area (Å²) in [6, 6.07) is 1.75. The Morgan fingerprint density at radius 2 is 2.12 bits per heavy atom. The molecule has 3 nitrogen and oxygen atoms in total. The summed E-state index contributed by atoms with van der Waals surface area (Å²) in [5.41, 5.74) is 5.88. The Morgan fingerprint density at radius 1 is 1.41 bits per heavy atom. The maximum absolute atomic E-state index is 12.2. The number of furan rings is 1. The van der Waals surface area contributed by atoms with Crippen molar-refractivity contribution in [2.24, 2.45) is 11.1 Å². The monoisotopic (exact) mass is 299 g/mol. The smallest absolute Gasteiger partial charge is 0.199 e. The highest BCUT2D eigenvalue weighted by atomic mass is 79.9. The van der Waals surface area contributed by atoms with Gasteiger partial charge in [0.05, 0.1) is 10.7 Å². The minimum atomic E-state index is 0.00155. The van der Waals surface area contributed by atoms with E-state index in [9.17, 15) is 4.79 Å². The first-order valence-corrected chi connectivity index (χ1v) is 6.92. The van der Waals surface area contributed by atoms with Crippen molar-refractivity contribution in [3.05, 3.63) is 22.6 Å². The average molecular weight is 300 g/mol. The molecule has 2 rings (SSSR count). The maximum atomic E-state index is 12.2. The maximum Gasteiger partial charge on any atom is 0.199 e. The van der Waals surface area contributed by atoms with Crippen molar-refractivity contribution in [1.29, 1.82) is 0 Å². The molecule has 0 spiro atoms. The molecular formula is C13H18BrNO2. The lowest BCUT2D eigenvalue weighted by Gasteiger charge is -2.35. The molecule has 0 amide bonds. The lowest BCUT2D eigenvalue weighted by molar-refractivity contribution is 0.0839. The molecule has 1 fully saturated rings. The number of Topliss-reactive ketones (excluding diaryl/α,β-unsaturated/α-hetero) is 1. The van der Waals surface area contributed by atoms with Gasteiger partial charge < -0.3 is 10.2 Å². The molecule has 0 saturated heterocycles. The molecule has 1 aliphatic rings. The Bertz CT molecular complexity index is 394.